The Morgan fingerprint density at radius 2 is 0.850 bits per heavy atom. The first kappa shape index (κ1) is 125. The summed E-state index contributed by atoms with van der Waals surface area (Å²) in [5.41, 5.74) is 9.44. The number of Topliss-reactive ketones (excluding diaryl/α,β-unsaturated/α-hetero) is 10. The predicted molar refractivity (Wildman–Crippen MR) is 527 cm³/mol. The molecule has 9 atom stereocenters. The first-order chi connectivity index (χ1) is 59.5. The highest BCUT2D eigenvalue weighted by atomic mass is 16.4. The van der Waals surface area contributed by atoms with Crippen molar-refractivity contribution in [2.24, 2.45) is 11.8 Å². The van der Waals surface area contributed by atoms with Crippen molar-refractivity contribution in [1.82, 2.24) is 51.5 Å². The van der Waals surface area contributed by atoms with E-state index in [1.165, 1.54) is 78.5 Å². The Hall–Kier alpha value is -8.69. The second-order valence-corrected chi connectivity index (χ2v) is 34.4. The van der Waals surface area contributed by atoms with Crippen molar-refractivity contribution in [3.05, 3.63) is 203 Å². The number of aromatic carboxylic acids is 1. The average molecular weight is 1770 g/mol. The molecule has 1 saturated carbocycles. The first-order valence-electron chi connectivity index (χ1n) is 44.6. The largest absolute Gasteiger partial charge is 0.478 e. The van der Waals surface area contributed by atoms with Crippen LogP contribution < -0.4 is 31.9 Å². The Labute approximate surface area is 767 Å². The zero-order valence-corrected chi connectivity index (χ0v) is 83.7. The Morgan fingerprint density at radius 3 is 1.14 bits per heavy atom. The molecule has 127 heavy (non-hydrogen) atoms. The van der Waals surface area contributed by atoms with Crippen molar-refractivity contribution in [3.63, 3.8) is 0 Å². The number of allylic oxidation sites excluding steroid dienone is 2. The van der Waals surface area contributed by atoms with E-state index in [0.717, 1.165) is 76.2 Å². The van der Waals surface area contributed by atoms with Crippen molar-refractivity contribution in [2.45, 2.75) is 273 Å². The lowest BCUT2D eigenvalue weighted by molar-refractivity contribution is -0.125. The third-order valence-corrected chi connectivity index (χ3v) is 21.7. The van der Waals surface area contributed by atoms with Crippen LogP contribution in [0.2, 0.25) is 0 Å². The van der Waals surface area contributed by atoms with E-state index in [-0.39, 0.29) is 111 Å². The van der Waals surface area contributed by atoms with Gasteiger partial charge in [-0.3, -0.25) is 62.6 Å². The fourth-order valence-electron chi connectivity index (χ4n) is 14.3. The number of rotatable bonds is 43. The van der Waals surface area contributed by atoms with Crippen LogP contribution in [0.15, 0.2) is 153 Å². The van der Waals surface area contributed by atoms with Gasteiger partial charge in [0.15, 0.2) is 0 Å². The van der Waals surface area contributed by atoms with Crippen molar-refractivity contribution < 1.29 is 63.0 Å². The minimum atomic E-state index is -0.941. The molecule has 1 aliphatic carbocycles. The van der Waals surface area contributed by atoms with Gasteiger partial charge in [0.1, 0.15) is 57.8 Å². The normalized spacial score (nSPS) is 13.5. The SMILES string of the molecule is C=CCCCC(CCCC=C)(NC)C(C)=O.CC(=O)CN(C)C.CC(=O)[C@H](CC(C)C)N(C)C.CC(=O)[C@H](Cc1ccccc1)N(C)C.CC(=O)[C@H]([C@@H](C)O)N(C)C.CN[C@@H](Cc1ccc(C(=O)O)cc1)C(C)=O.CN[C@@H](Cc1ccc(C)cc1)C(C)=O.CN[C@@H](Cc1cccc(C)c1)C(C)=O.CN[C@@H](Cc1ccccc1C)C(C)=O.CN[C@H](C(C)=O)C1CCCC1. The second-order valence-electron chi connectivity index (χ2n) is 34.4. The summed E-state index contributed by atoms with van der Waals surface area (Å²) in [6.45, 7) is 36.2. The van der Waals surface area contributed by atoms with Crippen LogP contribution in [0.25, 0.3) is 0 Å². The molecule has 0 unspecified atom stereocenters. The number of hydrogen-bond donors (Lipinski definition) is 8. The monoisotopic (exact) mass is 1770 g/mol. The summed E-state index contributed by atoms with van der Waals surface area (Å²) in [5.74, 6) is 2.13. The highest BCUT2D eigenvalue weighted by Gasteiger charge is 2.32. The number of likely N-dealkylation sites (N-methyl/N-ethyl adjacent to an activating group) is 10. The second kappa shape index (κ2) is 72.1. The molecule has 0 amide bonds. The molecular weight excluding hydrogens is 1600 g/mol. The first-order valence-corrected chi connectivity index (χ1v) is 44.6. The minimum Gasteiger partial charge on any atom is -0.478 e. The van der Waals surface area contributed by atoms with Crippen LogP contribution in [-0.2, 0) is 80.0 Å². The van der Waals surface area contributed by atoms with E-state index in [4.69, 9.17) is 10.2 Å². The fraction of sp³-hybridized carbons (Fsp3) is 0.567. The zero-order chi connectivity index (χ0) is 98.2. The molecule has 0 radical (unpaired) electrons. The van der Waals surface area contributed by atoms with Crippen LogP contribution in [0.3, 0.4) is 0 Å². The summed E-state index contributed by atoms with van der Waals surface area (Å²) in [6, 6.07) is 40.9. The quantitative estimate of drug-likeness (QED) is 0.0133. The highest BCUT2D eigenvalue weighted by Crippen LogP contribution is 2.28. The van der Waals surface area contributed by atoms with Crippen molar-refractivity contribution in [1.29, 1.82) is 0 Å². The van der Waals surface area contributed by atoms with Crippen LogP contribution in [0.4, 0.5) is 0 Å². The maximum atomic E-state index is 11.8. The van der Waals surface area contributed by atoms with Gasteiger partial charge in [-0.25, -0.2) is 4.79 Å². The third kappa shape index (κ3) is 59.2. The predicted octanol–water partition coefficient (Wildman–Crippen LogP) is 14.2. The molecular formula is C104H170N10O13. The molecule has 1 fully saturated rings. The van der Waals surface area contributed by atoms with Gasteiger partial charge in [-0.1, -0.05) is 165 Å². The molecule has 8 N–H and O–H groups in total. The Balaban J connectivity index is -0.000000666. The van der Waals surface area contributed by atoms with Crippen LogP contribution in [0.1, 0.15) is 216 Å². The third-order valence-electron chi connectivity index (χ3n) is 21.7. The van der Waals surface area contributed by atoms with Crippen molar-refractivity contribution in [3.8, 4) is 0 Å². The van der Waals surface area contributed by atoms with Crippen LogP contribution in [0.5, 0.6) is 0 Å². The van der Waals surface area contributed by atoms with Gasteiger partial charge >= 0.3 is 5.97 Å². The number of hydrogen-bond acceptors (Lipinski definition) is 22. The number of unbranched alkanes of at least 4 members (excludes halogenated alkanes) is 2. The Kier molecular flexibility index (Phi) is 70.8. The van der Waals surface area contributed by atoms with Crippen molar-refractivity contribution >= 4 is 63.8 Å². The number of aliphatic hydroxyl groups excluding tert-OH is 1. The lowest BCUT2D eigenvalue weighted by Gasteiger charge is -2.31. The average Bonchev–Trinajstić information content (AvgIpc) is 1.07. The number of aryl methyl sites for hydroxylation is 3. The number of carbonyl (C=O) groups excluding carboxylic acids is 10. The molecule has 0 spiro atoms. The molecule has 0 bridgehead atoms. The van der Waals surface area contributed by atoms with E-state index in [9.17, 15) is 52.7 Å². The van der Waals surface area contributed by atoms with Crippen LogP contribution in [0, 0.1) is 32.6 Å². The number of nitrogens with one attached hydrogen (secondary N) is 6. The Morgan fingerprint density at radius 1 is 0.449 bits per heavy atom. The maximum absolute atomic E-state index is 11.8. The summed E-state index contributed by atoms with van der Waals surface area (Å²) in [4.78, 5) is 129. The summed E-state index contributed by atoms with van der Waals surface area (Å²) in [5, 5.41) is 36.1. The topological polar surface area (TPSA) is 313 Å². The lowest BCUT2D eigenvalue weighted by atomic mass is 9.84. The maximum Gasteiger partial charge on any atom is 0.335 e. The fourth-order valence-corrected chi connectivity index (χ4v) is 14.3. The van der Waals surface area contributed by atoms with E-state index in [2.05, 4.69) is 146 Å². The van der Waals surface area contributed by atoms with Gasteiger partial charge in [0.25, 0.3) is 0 Å². The molecule has 5 aromatic carbocycles. The smallest absolute Gasteiger partial charge is 0.335 e. The number of benzene rings is 5. The molecule has 0 heterocycles. The zero-order valence-electron chi connectivity index (χ0n) is 83.7. The number of nitrogens with zero attached hydrogens (tertiary/aromatic N) is 4. The molecule has 0 saturated heterocycles. The molecule has 714 valence electrons. The van der Waals surface area contributed by atoms with Gasteiger partial charge in [0.05, 0.1) is 72.1 Å². The molecule has 6 rings (SSSR count). The number of carboxylic acid groups (broad SMARTS) is 1. The Bertz CT molecular complexity index is 3900. The standard InChI is InChI=1S/C14H25NO.C12H15NO3.4C12H17NO.C9H17NO.C9H19NO.C7H15NO2.C5H11NO/c1-5-7-9-11-14(15-4,13(3)16)12-10-8-6-2;1-8(14)11(13-2)7-9-3-5-10(6-4-9)12(15)16;1-9-4-6-11(7-5-9)8-12(13-3)10(2)14;1-9-5-4-6-11(7-9)8-12(13-3)10(2)14;1-9-6-4-5-7-11(9)8-12(13-3)10(2)14;1-10(14)12(13(2)3)9-11-7-5-4-6-8-11;1-7(11)9(10-2)8-5-3-4-6-8;1-7(2)6-9(8(3)11)10(4)5;1-5(9)7(6(2)10)8(3)4;1-5(7)4-6(2)3/h5-6,15H,1-2,7-12H2,3-4H3;3-6,11,13H,7H2,1-2H3,(H,15,16);3*4-7,12-13H,8H2,1-3H3;4-8,12H,9H2,1-3H3;8-10H,3-6H2,1-2H3;7,9H,6H2,1-5H3;5,7,9H,1-4H3;4H2,1-3H3/t;11-;4*12-;2*9-;5-,7+;/m.00000101./s1. The summed E-state index contributed by atoms with van der Waals surface area (Å²) < 4.78 is 0. The molecule has 0 aliphatic heterocycles. The summed E-state index contributed by atoms with van der Waals surface area (Å²) >= 11 is 0. The van der Waals surface area contributed by atoms with E-state index in [0.29, 0.717) is 30.6 Å². The summed E-state index contributed by atoms with van der Waals surface area (Å²) in [7, 11) is 26.0. The van der Waals surface area contributed by atoms with E-state index in [1.807, 2.05) is 141 Å². The van der Waals surface area contributed by atoms with Gasteiger partial charge in [-0.2, -0.15) is 0 Å². The van der Waals surface area contributed by atoms with Gasteiger partial charge in [-0.05, 0) is 343 Å². The van der Waals surface area contributed by atoms with Gasteiger partial charge < -0.3 is 47.0 Å². The number of carbonyl (C=O) groups is 11. The number of ketones is 10. The molecule has 0 aromatic heterocycles. The van der Waals surface area contributed by atoms with E-state index < -0.39 is 12.1 Å². The molecule has 23 nitrogen and oxygen atoms in total. The molecule has 1 aliphatic rings. The van der Waals surface area contributed by atoms with Crippen LogP contribution >= 0.6 is 0 Å². The lowest BCUT2D eigenvalue weighted by Crippen LogP contribution is -2.49. The minimum absolute atomic E-state index is 0.000000000000000666. The number of carboxylic acids is 1. The van der Waals surface area contributed by atoms with Gasteiger partial charge in [-0.15, -0.1) is 13.2 Å². The molecule has 23 heteroatoms. The highest BCUT2D eigenvalue weighted by molar-refractivity contribution is 5.88. The van der Waals surface area contributed by atoms with E-state index >= 15 is 0 Å². The number of aliphatic hydroxyl groups is 1. The summed E-state index contributed by atoms with van der Waals surface area (Å²) in [6.07, 6.45) is 18.7. The molecule has 5 aromatic rings. The van der Waals surface area contributed by atoms with Gasteiger partial charge in [0, 0.05) is 0 Å². The van der Waals surface area contributed by atoms with E-state index in [1.54, 1.807) is 113 Å². The van der Waals surface area contributed by atoms with Crippen LogP contribution in [-0.4, -0.2) is 259 Å². The van der Waals surface area contributed by atoms with Gasteiger partial charge in [0.2, 0.25) is 0 Å². The van der Waals surface area contributed by atoms with Crippen molar-refractivity contribution in [2.75, 3.05) is 105 Å².